The number of hydrogen-bond acceptors (Lipinski definition) is 7. The number of rotatable bonds is 12. The summed E-state index contributed by atoms with van der Waals surface area (Å²) in [5, 5.41) is 23.6. The van der Waals surface area contributed by atoms with Gasteiger partial charge in [-0.05, 0) is 49.6 Å². The summed E-state index contributed by atoms with van der Waals surface area (Å²) >= 11 is 0. The monoisotopic (exact) mass is 536 g/mol. The Morgan fingerprint density at radius 2 is 1.90 bits per heavy atom. The molecule has 39 heavy (non-hydrogen) atoms. The number of nitrogens with one attached hydrogen (secondary N) is 1. The Morgan fingerprint density at radius 3 is 2.64 bits per heavy atom. The van der Waals surface area contributed by atoms with Crippen LogP contribution in [0.25, 0.3) is 0 Å². The fourth-order valence-corrected chi connectivity index (χ4v) is 5.34. The molecule has 3 N–H and O–H groups in total. The second-order valence-corrected chi connectivity index (χ2v) is 9.92. The zero-order valence-corrected chi connectivity index (χ0v) is 22.3. The Hall–Kier alpha value is -3.69. The molecule has 2 aromatic carbocycles. The molecule has 0 bridgehead atoms. The SMILES string of the molecule is COc1cccc(CCN(C(=O)CCCC(C)=O)[C@@H]2C=C(C(=O)NCCO)[C@@H]3c4ccccc4O[C@@H]3[C@H]2O)c1. The number of nitrogens with zero attached hydrogens (tertiary/aromatic N) is 1. The quantitative estimate of drug-likeness (QED) is 0.380. The maximum absolute atomic E-state index is 13.5. The van der Waals surface area contributed by atoms with Gasteiger partial charge in [-0.2, -0.15) is 0 Å². The lowest BCUT2D eigenvalue weighted by molar-refractivity contribution is -0.137. The van der Waals surface area contributed by atoms with E-state index in [1.54, 1.807) is 24.2 Å². The number of fused-ring (bicyclic) bond motifs is 3. The molecule has 0 fully saturated rings. The van der Waals surface area contributed by atoms with Crippen LogP contribution in [0.4, 0.5) is 0 Å². The lowest BCUT2D eigenvalue weighted by atomic mass is 9.77. The third kappa shape index (κ3) is 6.49. The maximum atomic E-state index is 13.5. The first kappa shape index (κ1) is 28.3. The molecule has 0 unspecified atom stereocenters. The standard InChI is InChI=1S/C30H36N2O7/c1-19(34)7-5-12-26(35)32(15-13-20-8-6-9-21(17-20)38-2)24-18-23(30(37)31-14-16-33)27-22-10-3-4-11-25(22)39-29(27)28(24)36/h3-4,6,8-11,17-18,24,27-29,33,36H,5,7,12-16H2,1-2H3,(H,31,37)/t24-,27+,28+,29+/m1/s1. The lowest BCUT2D eigenvalue weighted by Crippen LogP contribution is -2.56. The molecule has 0 saturated carbocycles. The summed E-state index contributed by atoms with van der Waals surface area (Å²) in [4.78, 5) is 39.9. The smallest absolute Gasteiger partial charge is 0.247 e. The molecule has 2 aromatic rings. The van der Waals surface area contributed by atoms with E-state index in [0.717, 1.165) is 11.1 Å². The van der Waals surface area contributed by atoms with E-state index in [-0.39, 0.29) is 50.1 Å². The van der Waals surface area contributed by atoms with Crippen LogP contribution in [-0.4, -0.2) is 77.8 Å². The van der Waals surface area contributed by atoms with Gasteiger partial charge in [0, 0.05) is 37.1 Å². The third-order valence-corrected chi connectivity index (χ3v) is 7.25. The van der Waals surface area contributed by atoms with Gasteiger partial charge in [0.25, 0.3) is 0 Å². The number of ether oxygens (including phenoxy) is 2. The van der Waals surface area contributed by atoms with E-state index in [2.05, 4.69) is 5.32 Å². The Bertz CT molecular complexity index is 1230. The Kier molecular flexibility index (Phi) is 9.37. The molecule has 9 nitrogen and oxygen atoms in total. The number of Topliss-reactive ketones (excluding diaryl/α,β-unsaturated/α-hetero) is 1. The van der Waals surface area contributed by atoms with Gasteiger partial charge in [-0.25, -0.2) is 0 Å². The number of para-hydroxylation sites is 1. The van der Waals surface area contributed by atoms with Crippen LogP contribution in [-0.2, 0) is 20.8 Å². The predicted molar refractivity (Wildman–Crippen MR) is 145 cm³/mol. The molecule has 0 radical (unpaired) electrons. The van der Waals surface area contributed by atoms with Crippen LogP contribution in [0.1, 0.15) is 43.2 Å². The van der Waals surface area contributed by atoms with Crippen molar-refractivity contribution in [1.82, 2.24) is 10.2 Å². The summed E-state index contributed by atoms with van der Waals surface area (Å²) in [6.07, 6.45) is 1.11. The summed E-state index contributed by atoms with van der Waals surface area (Å²) in [7, 11) is 1.59. The number of benzene rings is 2. The minimum absolute atomic E-state index is 0.00568. The maximum Gasteiger partial charge on any atom is 0.247 e. The molecule has 208 valence electrons. The minimum Gasteiger partial charge on any atom is -0.497 e. The van der Waals surface area contributed by atoms with Gasteiger partial charge < -0.3 is 34.7 Å². The van der Waals surface area contributed by atoms with Gasteiger partial charge in [0.1, 0.15) is 29.5 Å². The van der Waals surface area contributed by atoms with Crippen molar-refractivity contribution >= 4 is 17.6 Å². The normalized spacial score (nSPS) is 21.2. The van der Waals surface area contributed by atoms with Gasteiger partial charge >= 0.3 is 0 Å². The van der Waals surface area contributed by atoms with Crippen LogP contribution in [0.15, 0.2) is 60.2 Å². The van der Waals surface area contributed by atoms with Gasteiger partial charge in [-0.15, -0.1) is 0 Å². The highest BCUT2D eigenvalue weighted by Gasteiger charge is 2.50. The highest BCUT2D eigenvalue weighted by molar-refractivity contribution is 5.96. The molecule has 0 spiro atoms. The zero-order valence-electron chi connectivity index (χ0n) is 22.3. The van der Waals surface area contributed by atoms with E-state index in [9.17, 15) is 24.6 Å². The van der Waals surface area contributed by atoms with Crippen molar-refractivity contribution in [1.29, 1.82) is 0 Å². The molecule has 2 amide bonds. The molecule has 1 aliphatic heterocycles. The van der Waals surface area contributed by atoms with Crippen molar-refractivity contribution in [2.24, 2.45) is 0 Å². The van der Waals surface area contributed by atoms with Crippen LogP contribution in [0.2, 0.25) is 0 Å². The van der Waals surface area contributed by atoms with Crippen molar-refractivity contribution in [2.75, 3.05) is 26.8 Å². The second kappa shape index (κ2) is 12.9. The number of aliphatic hydroxyl groups excluding tert-OH is 2. The van der Waals surface area contributed by atoms with Crippen molar-refractivity contribution in [2.45, 2.75) is 56.8 Å². The van der Waals surface area contributed by atoms with E-state index in [4.69, 9.17) is 9.47 Å². The van der Waals surface area contributed by atoms with Gasteiger partial charge in [-0.1, -0.05) is 30.3 Å². The van der Waals surface area contributed by atoms with Crippen molar-refractivity contribution in [3.63, 3.8) is 0 Å². The number of aliphatic hydroxyl groups is 2. The average Bonchev–Trinajstić information content (AvgIpc) is 3.33. The summed E-state index contributed by atoms with van der Waals surface area (Å²) in [5.74, 6) is 0.179. The van der Waals surface area contributed by atoms with E-state index < -0.39 is 24.2 Å². The molecular weight excluding hydrogens is 500 g/mol. The molecule has 1 aliphatic carbocycles. The van der Waals surface area contributed by atoms with Crippen LogP contribution in [0, 0.1) is 0 Å². The lowest BCUT2D eigenvalue weighted by Gasteiger charge is -2.41. The molecule has 1 heterocycles. The fourth-order valence-electron chi connectivity index (χ4n) is 5.34. The molecule has 9 heteroatoms. The molecule has 0 aromatic heterocycles. The van der Waals surface area contributed by atoms with Gasteiger partial charge in [0.2, 0.25) is 11.8 Å². The number of ketones is 1. The zero-order chi connectivity index (χ0) is 27.9. The number of carbonyl (C=O) groups is 3. The summed E-state index contributed by atoms with van der Waals surface area (Å²) in [5.41, 5.74) is 2.13. The van der Waals surface area contributed by atoms with Crippen LogP contribution < -0.4 is 14.8 Å². The van der Waals surface area contributed by atoms with E-state index in [0.29, 0.717) is 29.9 Å². The first-order valence-electron chi connectivity index (χ1n) is 13.3. The molecule has 4 atom stereocenters. The predicted octanol–water partition coefficient (Wildman–Crippen LogP) is 2.15. The van der Waals surface area contributed by atoms with Gasteiger partial charge in [-0.3, -0.25) is 9.59 Å². The molecule has 4 rings (SSSR count). The highest BCUT2D eigenvalue weighted by Crippen LogP contribution is 2.47. The summed E-state index contributed by atoms with van der Waals surface area (Å²) < 4.78 is 11.5. The summed E-state index contributed by atoms with van der Waals surface area (Å²) in [6.45, 7) is 1.63. The van der Waals surface area contributed by atoms with Gasteiger partial charge in [0.05, 0.1) is 25.7 Å². The number of hydrogen-bond donors (Lipinski definition) is 3. The van der Waals surface area contributed by atoms with Gasteiger partial charge in [0.15, 0.2) is 0 Å². The molecular formula is C30H36N2O7. The van der Waals surface area contributed by atoms with Crippen LogP contribution in [0.3, 0.4) is 0 Å². The Balaban J connectivity index is 1.67. The molecule has 0 saturated heterocycles. The van der Waals surface area contributed by atoms with Crippen LogP contribution in [0.5, 0.6) is 11.5 Å². The molecule has 2 aliphatic rings. The average molecular weight is 537 g/mol. The Morgan fingerprint density at radius 1 is 1.10 bits per heavy atom. The van der Waals surface area contributed by atoms with E-state index in [1.165, 1.54) is 6.92 Å². The highest BCUT2D eigenvalue weighted by atomic mass is 16.5. The Labute approximate surface area is 228 Å². The second-order valence-electron chi connectivity index (χ2n) is 9.92. The fraction of sp³-hybridized carbons (Fsp3) is 0.433. The number of carbonyl (C=O) groups excluding carboxylic acids is 3. The first-order valence-corrected chi connectivity index (χ1v) is 13.3. The van der Waals surface area contributed by atoms with E-state index >= 15 is 0 Å². The van der Waals surface area contributed by atoms with E-state index in [1.807, 2.05) is 42.5 Å². The van der Waals surface area contributed by atoms with Crippen LogP contribution >= 0.6 is 0 Å². The topological polar surface area (TPSA) is 125 Å². The summed E-state index contributed by atoms with van der Waals surface area (Å²) in [6, 6.07) is 14.1. The first-order chi connectivity index (χ1) is 18.8. The van der Waals surface area contributed by atoms with Crippen molar-refractivity contribution < 1.29 is 34.1 Å². The van der Waals surface area contributed by atoms with Crippen molar-refractivity contribution in [3.8, 4) is 11.5 Å². The number of amides is 2. The minimum atomic E-state index is -1.10. The largest absolute Gasteiger partial charge is 0.497 e. The third-order valence-electron chi connectivity index (χ3n) is 7.25. The number of methoxy groups -OCH3 is 1. The van der Waals surface area contributed by atoms with Crippen molar-refractivity contribution in [3.05, 3.63) is 71.3 Å².